The van der Waals surface area contributed by atoms with Crippen LogP contribution in [0.4, 0.5) is 0 Å². The van der Waals surface area contributed by atoms with Crippen LogP contribution >= 0.6 is 24.8 Å². The molecule has 0 radical (unpaired) electrons. The van der Waals surface area contributed by atoms with Gasteiger partial charge in [-0.2, -0.15) is 0 Å². The molecule has 0 aromatic carbocycles. The zero-order chi connectivity index (χ0) is 14.9. The molecule has 1 saturated heterocycles. The van der Waals surface area contributed by atoms with Gasteiger partial charge in [-0.15, -0.1) is 24.8 Å². The van der Waals surface area contributed by atoms with Crippen LogP contribution in [0.25, 0.3) is 0 Å². The predicted octanol–water partition coefficient (Wildman–Crippen LogP) is 2.60. The van der Waals surface area contributed by atoms with Gasteiger partial charge in [0, 0.05) is 18.6 Å². The highest BCUT2D eigenvalue weighted by Crippen LogP contribution is 2.44. The lowest BCUT2D eigenvalue weighted by Crippen LogP contribution is -2.55. The van der Waals surface area contributed by atoms with Crippen molar-refractivity contribution in [2.24, 2.45) is 11.3 Å². The summed E-state index contributed by atoms with van der Waals surface area (Å²) in [7, 11) is 4.33. The summed E-state index contributed by atoms with van der Waals surface area (Å²) in [6.07, 6.45) is 9.83. The van der Waals surface area contributed by atoms with Crippen molar-refractivity contribution in [1.82, 2.24) is 15.5 Å². The molecule has 0 aromatic heterocycles. The van der Waals surface area contributed by atoms with Crippen molar-refractivity contribution in [3.63, 3.8) is 0 Å². The van der Waals surface area contributed by atoms with Crippen LogP contribution in [0, 0.1) is 11.3 Å². The molecule has 2 saturated carbocycles. The molecular weight excluding hydrogens is 333 g/mol. The van der Waals surface area contributed by atoms with Crippen molar-refractivity contribution in [2.75, 3.05) is 33.7 Å². The second kappa shape index (κ2) is 8.37. The van der Waals surface area contributed by atoms with Gasteiger partial charge in [-0.1, -0.05) is 25.7 Å². The average Bonchev–Trinajstić information content (AvgIpc) is 3.12. The first-order chi connectivity index (χ1) is 10.1. The number of fused-ring (bicyclic) bond motifs is 1. The van der Waals surface area contributed by atoms with Crippen molar-refractivity contribution < 1.29 is 4.79 Å². The first-order valence-electron chi connectivity index (χ1n) is 8.76. The minimum absolute atomic E-state index is 0. The Hall–Kier alpha value is -0.0300. The maximum absolute atomic E-state index is 13.0. The summed E-state index contributed by atoms with van der Waals surface area (Å²) >= 11 is 0. The molecule has 2 atom stereocenters. The highest BCUT2D eigenvalue weighted by atomic mass is 35.5. The number of hydrogen-bond acceptors (Lipinski definition) is 3. The Labute approximate surface area is 153 Å². The average molecular weight is 366 g/mol. The van der Waals surface area contributed by atoms with Crippen molar-refractivity contribution >= 4 is 30.7 Å². The van der Waals surface area contributed by atoms with Crippen LogP contribution in [0.1, 0.15) is 51.4 Å². The minimum Gasteiger partial charge on any atom is -0.354 e. The lowest BCUT2D eigenvalue weighted by atomic mass is 9.67. The number of halogens is 2. The summed E-state index contributed by atoms with van der Waals surface area (Å²) in [6.45, 7) is 2.75. The number of carbonyl (C=O) groups excluding carboxylic acids is 1. The number of likely N-dealkylation sites (N-methyl/N-ethyl adjacent to an activating group) is 1. The van der Waals surface area contributed by atoms with E-state index in [1.807, 2.05) is 0 Å². The van der Waals surface area contributed by atoms with Crippen LogP contribution in [-0.2, 0) is 4.79 Å². The van der Waals surface area contributed by atoms with Gasteiger partial charge in [0.25, 0.3) is 0 Å². The molecular formula is C17H33Cl2N3O. The number of rotatable bonds is 4. The molecule has 3 aliphatic rings. The topological polar surface area (TPSA) is 44.4 Å². The molecule has 6 heteroatoms. The molecule has 1 aliphatic heterocycles. The van der Waals surface area contributed by atoms with E-state index in [2.05, 4.69) is 29.6 Å². The normalized spacial score (nSPS) is 31.9. The van der Waals surface area contributed by atoms with E-state index in [-0.39, 0.29) is 35.8 Å². The Morgan fingerprint density at radius 1 is 1.13 bits per heavy atom. The van der Waals surface area contributed by atoms with Gasteiger partial charge in [-0.25, -0.2) is 0 Å². The summed E-state index contributed by atoms with van der Waals surface area (Å²) in [5.74, 6) is 0.885. The highest BCUT2D eigenvalue weighted by molar-refractivity contribution is 5.85. The van der Waals surface area contributed by atoms with Crippen molar-refractivity contribution in [3.05, 3.63) is 0 Å². The van der Waals surface area contributed by atoms with Crippen LogP contribution in [0.5, 0.6) is 0 Å². The van der Waals surface area contributed by atoms with Crippen molar-refractivity contribution in [1.29, 1.82) is 0 Å². The molecule has 0 unspecified atom stereocenters. The van der Waals surface area contributed by atoms with E-state index in [0.29, 0.717) is 11.8 Å². The van der Waals surface area contributed by atoms with Crippen LogP contribution in [-0.4, -0.2) is 50.1 Å². The van der Waals surface area contributed by atoms with Gasteiger partial charge >= 0.3 is 0 Å². The zero-order valence-electron chi connectivity index (χ0n) is 14.5. The number of amides is 1. The van der Waals surface area contributed by atoms with Crippen molar-refractivity contribution in [2.45, 2.75) is 56.9 Å². The van der Waals surface area contributed by atoms with Crippen LogP contribution < -0.4 is 10.6 Å². The fourth-order valence-corrected chi connectivity index (χ4v) is 4.93. The molecule has 1 amide bonds. The van der Waals surface area contributed by atoms with E-state index in [1.54, 1.807) is 0 Å². The zero-order valence-corrected chi connectivity index (χ0v) is 16.2. The molecule has 3 fully saturated rings. The number of hydrogen-bond donors (Lipinski definition) is 2. The second-order valence-electron chi connectivity index (χ2n) is 7.74. The molecule has 4 nitrogen and oxygen atoms in total. The smallest absolute Gasteiger partial charge is 0.227 e. The Balaban J connectivity index is 0.00000132. The summed E-state index contributed by atoms with van der Waals surface area (Å²) in [6, 6.07) is 0. The summed E-state index contributed by atoms with van der Waals surface area (Å²) in [5.41, 5.74) is 0.0901. The van der Waals surface area contributed by atoms with Crippen LogP contribution in [0.15, 0.2) is 0 Å². The standard InChI is InChI=1S/C17H31N3O.2ClH/c1-20(2)16(8-5-6-9-16)12-19-15(21)17-10-4-3-7-14(17)11-18-13-17;;/h14,18H,3-13H2,1-2H3,(H,19,21);2*1H/t14-,17+;;/m0../s1. The van der Waals surface area contributed by atoms with Gasteiger partial charge in [-0.3, -0.25) is 4.79 Å². The van der Waals surface area contributed by atoms with Crippen LogP contribution in [0.2, 0.25) is 0 Å². The number of nitrogens with zero attached hydrogens (tertiary/aromatic N) is 1. The van der Waals surface area contributed by atoms with E-state index in [9.17, 15) is 4.79 Å². The fourth-order valence-electron chi connectivity index (χ4n) is 4.93. The van der Waals surface area contributed by atoms with E-state index >= 15 is 0 Å². The molecule has 0 aromatic rings. The maximum atomic E-state index is 13.0. The third kappa shape index (κ3) is 3.81. The highest BCUT2D eigenvalue weighted by Gasteiger charge is 2.50. The van der Waals surface area contributed by atoms with E-state index in [4.69, 9.17) is 0 Å². The molecule has 3 rings (SSSR count). The summed E-state index contributed by atoms with van der Waals surface area (Å²) in [5, 5.41) is 6.83. The largest absolute Gasteiger partial charge is 0.354 e. The van der Waals surface area contributed by atoms with Gasteiger partial charge in [0.2, 0.25) is 5.91 Å². The monoisotopic (exact) mass is 365 g/mol. The minimum atomic E-state index is -0.107. The predicted molar refractivity (Wildman–Crippen MR) is 99.7 cm³/mol. The Kier molecular flexibility index (Phi) is 7.65. The molecule has 23 heavy (non-hydrogen) atoms. The third-order valence-electron chi connectivity index (χ3n) is 6.55. The van der Waals surface area contributed by atoms with E-state index < -0.39 is 0 Å². The Morgan fingerprint density at radius 3 is 2.43 bits per heavy atom. The lowest BCUT2D eigenvalue weighted by Gasteiger charge is -2.40. The number of carbonyl (C=O) groups is 1. The van der Waals surface area contributed by atoms with Gasteiger partial charge < -0.3 is 15.5 Å². The van der Waals surface area contributed by atoms with Gasteiger partial charge in [0.15, 0.2) is 0 Å². The number of nitrogens with one attached hydrogen (secondary N) is 2. The molecule has 2 aliphatic carbocycles. The molecule has 2 N–H and O–H groups in total. The van der Waals surface area contributed by atoms with Crippen LogP contribution in [0.3, 0.4) is 0 Å². The molecule has 136 valence electrons. The molecule has 1 heterocycles. The summed E-state index contributed by atoms with van der Waals surface area (Å²) in [4.78, 5) is 15.3. The van der Waals surface area contributed by atoms with E-state index in [1.165, 1.54) is 44.9 Å². The third-order valence-corrected chi connectivity index (χ3v) is 6.55. The Bertz CT molecular complexity index is 399. The van der Waals surface area contributed by atoms with Crippen molar-refractivity contribution in [3.8, 4) is 0 Å². The fraction of sp³-hybridized carbons (Fsp3) is 0.941. The SMILES string of the molecule is CN(C)C1(CNC(=O)[C@@]23CCCC[C@H]2CNC3)CCCC1.Cl.Cl. The first-order valence-corrected chi connectivity index (χ1v) is 8.76. The quantitative estimate of drug-likeness (QED) is 0.804. The Morgan fingerprint density at radius 2 is 1.78 bits per heavy atom. The van der Waals surface area contributed by atoms with Gasteiger partial charge in [-0.05, 0) is 52.2 Å². The lowest BCUT2D eigenvalue weighted by molar-refractivity contribution is -0.134. The van der Waals surface area contributed by atoms with Gasteiger partial charge in [0.05, 0.1) is 5.41 Å². The summed E-state index contributed by atoms with van der Waals surface area (Å²) < 4.78 is 0. The van der Waals surface area contributed by atoms with Gasteiger partial charge in [0.1, 0.15) is 0 Å². The second-order valence-corrected chi connectivity index (χ2v) is 7.74. The maximum Gasteiger partial charge on any atom is 0.227 e. The molecule has 0 spiro atoms. The molecule has 0 bridgehead atoms. The van der Waals surface area contributed by atoms with E-state index in [0.717, 1.165) is 26.1 Å². The first kappa shape index (κ1) is 21.0.